The van der Waals surface area contributed by atoms with Gasteiger partial charge in [-0.3, -0.25) is 19.2 Å². The van der Waals surface area contributed by atoms with E-state index in [-0.39, 0.29) is 11.4 Å². The van der Waals surface area contributed by atoms with Crippen LogP contribution in [-0.2, 0) is 14.8 Å². The van der Waals surface area contributed by atoms with Gasteiger partial charge in [0.25, 0.3) is 5.69 Å². The van der Waals surface area contributed by atoms with Crippen molar-refractivity contribution in [3.05, 3.63) is 33.9 Å². The molecule has 0 aliphatic carbocycles. The number of hydrogen-bond donors (Lipinski definition) is 1. The second kappa shape index (κ2) is 6.53. The predicted molar refractivity (Wildman–Crippen MR) is 78.7 cm³/mol. The number of carbonyl (C=O) groups is 1. The molecule has 1 rings (SSSR count). The van der Waals surface area contributed by atoms with Gasteiger partial charge in [0.2, 0.25) is 15.9 Å². The highest BCUT2D eigenvalue weighted by Crippen LogP contribution is 2.27. The normalized spacial score (nSPS) is 11.0. The van der Waals surface area contributed by atoms with E-state index in [9.17, 15) is 23.3 Å². The number of benzene rings is 1. The average Bonchev–Trinajstić information content (AvgIpc) is 2.35. The van der Waals surface area contributed by atoms with Crippen molar-refractivity contribution in [1.82, 2.24) is 5.32 Å². The number of anilines is 1. The Labute approximate surface area is 123 Å². The van der Waals surface area contributed by atoms with Gasteiger partial charge >= 0.3 is 0 Å². The number of sulfonamides is 1. The molecule has 0 heterocycles. The Morgan fingerprint density at radius 3 is 2.52 bits per heavy atom. The summed E-state index contributed by atoms with van der Waals surface area (Å²) in [5.41, 5.74) is 0.411. The van der Waals surface area contributed by atoms with Crippen molar-refractivity contribution < 1.29 is 18.1 Å². The summed E-state index contributed by atoms with van der Waals surface area (Å²) >= 11 is 0. The Kier molecular flexibility index (Phi) is 5.25. The van der Waals surface area contributed by atoms with Crippen LogP contribution in [0.15, 0.2) is 18.2 Å². The largest absolute Gasteiger partial charge is 0.355 e. The molecule has 0 aliphatic heterocycles. The number of carbonyl (C=O) groups excluding carboxylic acids is 1. The lowest BCUT2D eigenvalue weighted by Gasteiger charge is -2.23. The molecule has 0 fully saturated rings. The molecule has 8 nitrogen and oxygen atoms in total. The van der Waals surface area contributed by atoms with Gasteiger partial charge in [-0.05, 0) is 19.4 Å². The van der Waals surface area contributed by atoms with Crippen LogP contribution in [0, 0.1) is 17.0 Å². The Morgan fingerprint density at radius 2 is 2.05 bits per heavy atom. The Hall–Kier alpha value is -2.16. The van der Waals surface area contributed by atoms with Crippen LogP contribution >= 0.6 is 0 Å². The second-order valence-corrected chi connectivity index (χ2v) is 6.36. The molecule has 0 unspecified atom stereocenters. The standard InChI is InChI=1S/C12H17N3O5S/c1-4-13-12(16)8-14(21(3,19)20)11-7-10(15(17)18)6-5-9(11)2/h5-7H,4,8H2,1-3H3,(H,13,16). The molecule has 1 amide bonds. The molecule has 0 bridgehead atoms. The van der Waals surface area contributed by atoms with Crippen molar-refractivity contribution in [1.29, 1.82) is 0 Å². The highest BCUT2D eigenvalue weighted by molar-refractivity contribution is 7.92. The van der Waals surface area contributed by atoms with E-state index in [1.807, 2.05) is 0 Å². The third-order valence-electron chi connectivity index (χ3n) is 2.73. The molecule has 0 atom stereocenters. The number of nitrogens with zero attached hydrogens (tertiary/aromatic N) is 2. The van der Waals surface area contributed by atoms with Crippen LogP contribution in [0.25, 0.3) is 0 Å². The number of nitrogens with one attached hydrogen (secondary N) is 1. The van der Waals surface area contributed by atoms with Gasteiger partial charge in [0.15, 0.2) is 0 Å². The molecule has 1 N–H and O–H groups in total. The molecular weight excluding hydrogens is 298 g/mol. The lowest BCUT2D eigenvalue weighted by atomic mass is 10.2. The number of non-ortho nitro benzene ring substituents is 1. The summed E-state index contributed by atoms with van der Waals surface area (Å²) in [6.45, 7) is 3.27. The number of nitro benzene ring substituents is 1. The van der Waals surface area contributed by atoms with Crippen LogP contribution in [0.2, 0.25) is 0 Å². The fourth-order valence-electron chi connectivity index (χ4n) is 1.74. The molecule has 1 aromatic rings. The lowest BCUT2D eigenvalue weighted by Crippen LogP contribution is -2.40. The first-order chi connectivity index (χ1) is 9.66. The summed E-state index contributed by atoms with van der Waals surface area (Å²) in [7, 11) is -3.75. The molecule has 0 aromatic heterocycles. The maximum Gasteiger partial charge on any atom is 0.271 e. The van der Waals surface area contributed by atoms with Crippen LogP contribution in [-0.4, -0.2) is 38.6 Å². The minimum atomic E-state index is -3.75. The Balaban J connectivity index is 3.30. The van der Waals surface area contributed by atoms with Crippen LogP contribution in [0.1, 0.15) is 12.5 Å². The van der Waals surface area contributed by atoms with Gasteiger partial charge in [-0.1, -0.05) is 6.07 Å². The zero-order chi connectivity index (χ0) is 16.2. The Morgan fingerprint density at radius 1 is 1.43 bits per heavy atom. The highest BCUT2D eigenvalue weighted by atomic mass is 32.2. The average molecular weight is 315 g/mol. The van der Waals surface area contributed by atoms with E-state index in [4.69, 9.17) is 0 Å². The van der Waals surface area contributed by atoms with Crippen molar-refractivity contribution in [2.75, 3.05) is 23.7 Å². The summed E-state index contributed by atoms with van der Waals surface area (Å²) < 4.78 is 24.6. The smallest absolute Gasteiger partial charge is 0.271 e. The van der Waals surface area contributed by atoms with Crippen LogP contribution < -0.4 is 9.62 Å². The monoisotopic (exact) mass is 315 g/mol. The van der Waals surface area contributed by atoms with Crippen LogP contribution in [0.4, 0.5) is 11.4 Å². The number of likely N-dealkylation sites (N-methyl/N-ethyl adjacent to an activating group) is 1. The first-order valence-corrected chi connectivity index (χ1v) is 8.01. The fourth-order valence-corrected chi connectivity index (χ4v) is 2.65. The van der Waals surface area contributed by atoms with Gasteiger partial charge in [-0.25, -0.2) is 8.42 Å². The van der Waals surface area contributed by atoms with Crippen molar-refractivity contribution in [2.24, 2.45) is 0 Å². The molecule has 1 aromatic carbocycles. The van der Waals surface area contributed by atoms with Crippen molar-refractivity contribution in [3.63, 3.8) is 0 Å². The van der Waals surface area contributed by atoms with E-state index in [0.717, 1.165) is 16.6 Å². The van der Waals surface area contributed by atoms with Gasteiger partial charge in [0, 0.05) is 18.7 Å². The van der Waals surface area contributed by atoms with Crippen molar-refractivity contribution in [2.45, 2.75) is 13.8 Å². The minimum absolute atomic E-state index is 0.123. The minimum Gasteiger partial charge on any atom is -0.355 e. The number of rotatable bonds is 6. The van der Waals surface area contributed by atoms with Gasteiger partial charge in [0.1, 0.15) is 6.54 Å². The van der Waals surface area contributed by atoms with E-state index < -0.39 is 27.4 Å². The predicted octanol–water partition coefficient (Wildman–Crippen LogP) is 0.805. The molecule has 0 saturated carbocycles. The summed E-state index contributed by atoms with van der Waals surface area (Å²) in [4.78, 5) is 21.9. The number of aryl methyl sites for hydroxylation is 1. The summed E-state index contributed by atoms with van der Waals surface area (Å²) in [6, 6.07) is 3.88. The zero-order valence-corrected chi connectivity index (χ0v) is 12.8. The third kappa shape index (κ3) is 4.42. The topological polar surface area (TPSA) is 110 Å². The van der Waals surface area contributed by atoms with E-state index >= 15 is 0 Å². The van der Waals surface area contributed by atoms with E-state index in [0.29, 0.717) is 12.1 Å². The fraction of sp³-hybridized carbons (Fsp3) is 0.417. The Bertz CT molecular complexity index is 657. The van der Waals surface area contributed by atoms with Gasteiger partial charge in [-0.15, -0.1) is 0 Å². The van der Waals surface area contributed by atoms with Crippen molar-refractivity contribution in [3.8, 4) is 0 Å². The van der Waals surface area contributed by atoms with Gasteiger partial charge in [-0.2, -0.15) is 0 Å². The number of nitro groups is 1. The summed E-state index contributed by atoms with van der Waals surface area (Å²) in [5.74, 6) is -0.478. The molecule has 0 saturated heterocycles. The molecule has 21 heavy (non-hydrogen) atoms. The summed E-state index contributed by atoms with van der Waals surface area (Å²) in [6.07, 6.45) is 0.949. The van der Waals surface area contributed by atoms with E-state index in [2.05, 4.69) is 5.32 Å². The maximum absolute atomic E-state index is 11.9. The summed E-state index contributed by atoms with van der Waals surface area (Å²) in [5, 5.41) is 13.3. The molecule has 0 spiro atoms. The van der Waals surface area contributed by atoms with Gasteiger partial charge < -0.3 is 5.32 Å². The molecule has 0 radical (unpaired) electrons. The maximum atomic E-state index is 11.9. The number of amides is 1. The van der Waals surface area contributed by atoms with Crippen LogP contribution in [0.3, 0.4) is 0 Å². The first kappa shape index (κ1) is 16.9. The quantitative estimate of drug-likeness (QED) is 0.617. The van der Waals surface area contributed by atoms with E-state index in [1.165, 1.54) is 12.1 Å². The zero-order valence-electron chi connectivity index (χ0n) is 12.0. The molecule has 9 heteroatoms. The molecule has 116 valence electrons. The molecular formula is C12H17N3O5S. The lowest BCUT2D eigenvalue weighted by molar-refractivity contribution is -0.384. The first-order valence-electron chi connectivity index (χ1n) is 6.16. The third-order valence-corrected chi connectivity index (χ3v) is 3.86. The van der Waals surface area contributed by atoms with E-state index in [1.54, 1.807) is 13.8 Å². The highest BCUT2D eigenvalue weighted by Gasteiger charge is 2.24. The number of hydrogen-bond acceptors (Lipinski definition) is 5. The molecule has 0 aliphatic rings. The van der Waals surface area contributed by atoms with Gasteiger partial charge in [0.05, 0.1) is 16.9 Å². The second-order valence-electron chi connectivity index (χ2n) is 4.45. The van der Waals surface area contributed by atoms with Crippen molar-refractivity contribution >= 4 is 27.3 Å². The van der Waals surface area contributed by atoms with Crippen LogP contribution in [0.5, 0.6) is 0 Å². The SMILES string of the molecule is CCNC(=O)CN(c1cc([N+](=O)[O-])ccc1C)S(C)(=O)=O.